The minimum atomic E-state index is -0.321. The molecule has 1 aliphatic heterocycles. The molecular formula is C18H20N2O3. The van der Waals surface area contributed by atoms with E-state index >= 15 is 0 Å². The van der Waals surface area contributed by atoms with Gasteiger partial charge in [-0.05, 0) is 37.6 Å². The third-order valence-electron chi connectivity index (χ3n) is 4.15. The number of hydrogen-bond donors (Lipinski definition) is 1. The molecule has 5 nitrogen and oxygen atoms in total. The van der Waals surface area contributed by atoms with E-state index in [0.29, 0.717) is 13.1 Å². The average molecular weight is 312 g/mol. The van der Waals surface area contributed by atoms with Gasteiger partial charge < -0.3 is 14.6 Å². The molecule has 0 unspecified atom stereocenters. The number of benzene rings is 1. The van der Waals surface area contributed by atoms with Crippen LogP contribution in [0.5, 0.6) is 0 Å². The summed E-state index contributed by atoms with van der Waals surface area (Å²) in [7, 11) is 0. The summed E-state index contributed by atoms with van der Waals surface area (Å²) in [5.74, 6) is 0.293. The van der Waals surface area contributed by atoms with Crippen molar-refractivity contribution < 1.29 is 14.0 Å². The van der Waals surface area contributed by atoms with Crippen LogP contribution in [0.15, 0.2) is 41.0 Å². The number of nitrogens with zero attached hydrogens (tertiary/aromatic N) is 1. The third-order valence-corrected chi connectivity index (χ3v) is 4.15. The van der Waals surface area contributed by atoms with Crippen LogP contribution in [0.25, 0.3) is 0 Å². The van der Waals surface area contributed by atoms with Crippen LogP contribution >= 0.6 is 0 Å². The second kappa shape index (κ2) is 6.28. The number of aryl methyl sites for hydroxylation is 2. The second-order valence-electron chi connectivity index (χ2n) is 6.06. The molecule has 1 aromatic carbocycles. The second-order valence-corrected chi connectivity index (χ2v) is 6.06. The van der Waals surface area contributed by atoms with Crippen LogP contribution < -0.4 is 5.32 Å². The maximum Gasteiger partial charge on any atom is 0.229 e. The zero-order valence-electron chi connectivity index (χ0n) is 13.3. The Bertz CT molecular complexity index is 722. The van der Waals surface area contributed by atoms with E-state index in [9.17, 15) is 9.59 Å². The zero-order chi connectivity index (χ0) is 16.4. The number of carbonyl (C=O) groups excluding carboxylic acids is 2. The molecule has 0 aliphatic carbocycles. The molecule has 3 rings (SSSR count). The van der Waals surface area contributed by atoms with Gasteiger partial charge in [0.15, 0.2) is 0 Å². The molecule has 1 atom stereocenters. The maximum atomic E-state index is 12.4. The van der Waals surface area contributed by atoms with Crippen LogP contribution in [0.4, 0.5) is 5.69 Å². The van der Waals surface area contributed by atoms with Crippen LogP contribution in [0.2, 0.25) is 0 Å². The highest BCUT2D eigenvalue weighted by molar-refractivity contribution is 5.97. The van der Waals surface area contributed by atoms with Crippen molar-refractivity contribution in [1.29, 1.82) is 0 Å². The molecule has 1 N–H and O–H groups in total. The molecule has 2 aromatic rings. The van der Waals surface area contributed by atoms with Crippen LogP contribution in [-0.2, 0) is 16.1 Å². The summed E-state index contributed by atoms with van der Waals surface area (Å²) in [5.41, 5.74) is 2.98. The van der Waals surface area contributed by atoms with Gasteiger partial charge in [-0.3, -0.25) is 9.59 Å². The van der Waals surface area contributed by atoms with Crippen molar-refractivity contribution in [3.05, 3.63) is 53.5 Å². The standard InChI is InChI=1S/C18H20N2O3/c1-12-5-6-16(13(2)8-12)19-18(22)14-9-17(21)20(10-14)11-15-4-3-7-23-15/h3-8,14H,9-11H2,1-2H3,(H,19,22)/t14-/m1/s1. The number of likely N-dealkylation sites (tertiary alicyclic amines) is 1. The smallest absolute Gasteiger partial charge is 0.229 e. The highest BCUT2D eigenvalue weighted by Gasteiger charge is 2.34. The number of rotatable bonds is 4. The van der Waals surface area contributed by atoms with Gasteiger partial charge in [0, 0.05) is 18.7 Å². The summed E-state index contributed by atoms with van der Waals surface area (Å²) in [4.78, 5) is 26.2. The van der Waals surface area contributed by atoms with Crippen molar-refractivity contribution in [1.82, 2.24) is 4.90 Å². The Morgan fingerprint density at radius 1 is 1.35 bits per heavy atom. The number of amides is 2. The number of nitrogens with one attached hydrogen (secondary N) is 1. The van der Waals surface area contributed by atoms with Crippen molar-refractivity contribution >= 4 is 17.5 Å². The fraction of sp³-hybridized carbons (Fsp3) is 0.333. The van der Waals surface area contributed by atoms with Crippen molar-refractivity contribution in [3.63, 3.8) is 0 Å². The number of furan rings is 1. The Morgan fingerprint density at radius 3 is 2.87 bits per heavy atom. The minimum absolute atomic E-state index is 0.0119. The Morgan fingerprint density at radius 2 is 2.17 bits per heavy atom. The quantitative estimate of drug-likeness (QED) is 0.944. The maximum absolute atomic E-state index is 12.4. The Labute approximate surface area is 135 Å². The van der Waals surface area contributed by atoms with Crippen molar-refractivity contribution in [2.45, 2.75) is 26.8 Å². The van der Waals surface area contributed by atoms with Gasteiger partial charge >= 0.3 is 0 Å². The molecule has 0 radical (unpaired) electrons. The van der Waals surface area contributed by atoms with E-state index in [-0.39, 0.29) is 24.2 Å². The van der Waals surface area contributed by atoms with E-state index in [1.54, 1.807) is 17.2 Å². The van der Waals surface area contributed by atoms with Crippen LogP contribution in [-0.4, -0.2) is 23.3 Å². The van der Waals surface area contributed by atoms with E-state index in [0.717, 1.165) is 22.6 Å². The van der Waals surface area contributed by atoms with Crippen molar-refractivity contribution in [3.8, 4) is 0 Å². The van der Waals surface area contributed by atoms with Gasteiger partial charge in [0.1, 0.15) is 5.76 Å². The van der Waals surface area contributed by atoms with E-state index in [2.05, 4.69) is 5.32 Å². The molecule has 1 aliphatic rings. The number of hydrogen-bond acceptors (Lipinski definition) is 3. The predicted octanol–water partition coefficient (Wildman–Crippen LogP) is 2.88. The molecule has 5 heteroatoms. The van der Waals surface area contributed by atoms with Crippen LogP contribution in [0.3, 0.4) is 0 Å². The number of anilines is 1. The lowest BCUT2D eigenvalue weighted by Crippen LogP contribution is -2.28. The fourth-order valence-electron chi connectivity index (χ4n) is 2.88. The molecule has 2 amide bonds. The normalized spacial score (nSPS) is 17.6. The van der Waals surface area contributed by atoms with E-state index in [4.69, 9.17) is 4.42 Å². The molecule has 0 saturated carbocycles. The summed E-state index contributed by atoms with van der Waals surface area (Å²) >= 11 is 0. The molecule has 2 heterocycles. The molecule has 1 saturated heterocycles. The highest BCUT2D eigenvalue weighted by Crippen LogP contribution is 2.23. The summed E-state index contributed by atoms with van der Waals surface area (Å²) in [5, 5.41) is 2.94. The van der Waals surface area contributed by atoms with Crippen LogP contribution in [0.1, 0.15) is 23.3 Å². The first kappa shape index (κ1) is 15.3. The summed E-state index contributed by atoms with van der Waals surface area (Å²) in [6, 6.07) is 9.51. The Hall–Kier alpha value is -2.56. The monoisotopic (exact) mass is 312 g/mol. The van der Waals surface area contributed by atoms with Crippen LogP contribution in [0, 0.1) is 19.8 Å². The first-order chi connectivity index (χ1) is 11.0. The lowest BCUT2D eigenvalue weighted by molar-refractivity contribution is -0.128. The Kier molecular flexibility index (Phi) is 4.19. The van der Waals surface area contributed by atoms with Gasteiger partial charge in [0.2, 0.25) is 11.8 Å². The summed E-state index contributed by atoms with van der Waals surface area (Å²) < 4.78 is 5.27. The fourth-order valence-corrected chi connectivity index (χ4v) is 2.88. The Balaban J connectivity index is 1.63. The molecule has 23 heavy (non-hydrogen) atoms. The number of carbonyl (C=O) groups is 2. The molecule has 1 fully saturated rings. The van der Waals surface area contributed by atoms with E-state index < -0.39 is 0 Å². The zero-order valence-corrected chi connectivity index (χ0v) is 13.3. The van der Waals surface area contributed by atoms with Gasteiger partial charge in [-0.15, -0.1) is 0 Å². The van der Waals surface area contributed by atoms with Gasteiger partial charge in [0.25, 0.3) is 0 Å². The largest absolute Gasteiger partial charge is 0.467 e. The molecule has 0 bridgehead atoms. The molecule has 1 aromatic heterocycles. The van der Waals surface area contributed by atoms with Crippen molar-refractivity contribution in [2.24, 2.45) is 5.92 Å². The average Bonchev–Trinajstić information content (AvgIpc) is 3.13. The predicted molar refractivity (Wildman–Crippen MR) is 86.8 cm³/mol. The van der Waals surface area contributed by atoms with Gasteiger partial charge in [0.05, 0.1) is 18.7 Å². The van der Waals surface area contributed by atoms with E-state index in [1.807, 2.05) is 38.1 Å². The summed E-state index contributed by atoms with van der Waals surface area (Å²) in [6.07, 6.45) is 1.83. The van der Waals surface area contributed by atoms with E-state index in [1.165, 1.54) is 0 Å². The third kappa shape index (κ3) is 3.44. The summed E-state index contributed by atoms with van der Waals surface area (Å²) in [6.45, 7) is 4.82. The first-order valence-electron chi connectivity index (χ1n) is 7.71. The molecule has 120 valence electrons. The topological polar surface area (TPSA) is 62.6 Å². The molecule has 0 spiro atoms. The van der Waals surface area contributed by atoms with Gasteiger partial charge in [-0.2, -0.15) is 0 Å². The minimum Gasteiger partial charge on any atom is -0.467 e. The lowest BCUT2D eigenvalue weighted by Gasteiger charge is -2.15. The lowest BCUT2D eigenvalue weighted by atomic mass is 10.1. The van der Waals surface area contributed by atoms with Gasteiger partial charge in [-0.25, -0.2) is 0 Å². The first-order valence-corrected chi connectivity index (χ1v) is 7.71. The van der Waals surface area contributed by atoms with Gasteiger partial charge in [-0.1, -0.05) is 17.7 Å². The molecular weight excluding hydrogens is 292 g/mol. The highest BCUT2D eigenvalue weighted by atomic mass is 16.3. The SMILES string of the molecule is Cc1ccc(NC(=O)[C@@H]2CC(=O)N(Cc3ccco3)C2)c(C)c1. The van der Waals surface area contributed by atoms with Crippen molar-refractivity contribution in [2.75, 3.05) is 11.9 Å².